The molecule has 1 aromatic carbocycles. The van der Waals surface area contributed by atoms with Gasteiger partial charge in [0.25, 0.3) is 0 Å². The Morgan fingerprint density at radius 2 is 1.94 bits per heavy atom. The summed E-state index contributed by atoms with van der Waals surface area (Å²) in [5.74, 6) is -1.68. The highest BCUT2D eigenvalue weighted by Gasteiger charge is 2.35. The van der Waals surface area contributed by atoms with Gasteiger partial charge < -0.3 is 14.8 Å². The Kier molecular flexibility index (Phi) is 5.95. The monoisotopic (exact) mass is 339 g/mol. The Morgan fingerprint density at radius 1 is 1.39 bits per heavy atom. The van der Waals surface area contributed by atoms with E-state index >= 15 is 0 Å². The van der Waals surface area contributed by atoms with Crippen LogP contribution in [0.1, 0.15) is 25.2 Å². The number of hydrogen-bond donors (Lipinski definition) is 1. The van der Waals surface area contributed by atoms with Crippen molar-refractivity contribution in [2.24, 2.45) is 5.73 Å². The zero-order valence-electron chi connectivity index (χ0n) is 10.2. The second-order valence-corrected chi connectivity index (χ2v) is 6.55. The van der Waals surface area contributed by atoms with E-state index in [1.54, 1.807) is 13.8 Å². The fraction of sp³-hybridized carbons (Fsp3) is 0.455. The predicted molar refractivity (Wildman–Crippen MR) is 71.9 cm³/mol. The van der Waals surface area contributed by atoms with Gasteiger partial charge >= 0.3 is 7.60 Å². The van der Waals surface area contributed by atoms with E-state index in [4.69, 9.17) is 14.8 Å². The molecule has 0 spiro atoms. The molecule has 1 aromatic rings. The third-order valence-electron chi connectivity index (χ3n) is 2.24. The van der Waals surface area contributed by atoms with Gasteiger partial charge in [-0.3, -0.25) is 4.57 Å². The zero-order valence-corrected chi connectivity index (χ0v) is 12.7. The van der Waals surface area contributed by atoms with E-state index in [1.807, 2.05) is 0 Å². The molecule has 4 nitrogen and oxygen atoms in total. The first-order valence-electron chi connectivity index (χ1n) is 5.54. The molecule has 102 valence electrons. The van der Waals surface area contributed by atoms with Gasteiger partial charge in [-0.25, -0.2) is 4.39 Å². The van der Waals surface area contributed by atoms with E-state index < -0.39 is 19.2 Å². The van der Waals surface area contributed by atoms with Crippen LogP contribution in [0.5, 0.6) is 0 Å². The van der Waals surface area contributed by atoms with E-state index in [-0.39, 0.29) is 18.8 Å². The lowest BCUT2D eigenvalue weighted by Gasteiger charge is -2.23. The fourth-order valence-corrected chi connectivity index (χ4v) is 3.50. The fourth-order valence-electron chi connectivity index (χ4n) is 1.47. The Morgan fingerprint density at radius 3 is 2.44 bits per heavy atom. The van der Waals surface area contributed by atoms with Crippen LogP contribution >= 0.6 is 23.5 Å². The van der Waals surface area contributed by atoms with Gasteiger partial charge in [-0.1, -0.05) is 15.9 Å². The van der Waals surface area contributed by atoms with Crippen molar-refractivity contribution >= 4 is 23.5 Å². The topological polar surface area (TPSA) is 61.5 Å². The summed E-state index contributed by atoms with van der Waals surface area (Å²) in [6, 6.07) is 4.27. The molecule has 0 bridgehead atoms. The van der Waals surface area contributed by atoms with Gasteiger partial charge in [0.1, 0.15) is 11.6 Å². The molecule has 1 rings (SSSR count). The van der Waals surface area contributed by atoms with Gasteiger partial charge in [-0.15, -0.1) is 0 Å². The minimum Gasteiger partial charge on any atom is -0.314 e. The van der Waals surface area contributed by atoms with Crippen molar-refractivity contribution in [3.63, 3.8) is 0 Å². The Labute approximate surface area is 114 Å². The third-order valence-corrected chi connectivity index (χ3v) is 4.92. The summed E-state index contributed by atoms with van der Waals surface area (Å²) in [5.41, 5.74) is 5.95. The lowest BCUT2D eigenvalue weighted by Crippen LogP contribution is -2.16. The summed E-state index contributed by atoms with van der Waals surface area (Å²) >= 11 is 3.22. The normalized spacial score (nSPS) is 13.6. The average molecular weight is 340 g/mol. The highest BCUT2D eigenvalue weighted by atomic mass is 79.9. The van der Waals surface area contributed by atoms with Crippen LogP contribution in [0.4, 0.5) is 4.39 Å². The summed E-state index contributed by atoms with van der Waals surface area (Å²) in [4.78, 5) is 0. The van der Waals surface area contributed by atoms with Crippen LogP contribution in [0.25, 0.3) is 0 Å². The summed E-state index contributed by atoms with van der Waals surface area (Å²) in [6.07, 6.45) is 0. The van der Waals surface area contributed by atoms with Crippen LogP contribution in [0.2, 0.25) is 0 Å². The smallest absolute Gasteiger partial charge is 0.314 e. The van der Waals surface area contributed by atoms with Crippen molar-refractivity contribution in [1.82, 2.24) is 0 Å². The number of nitrogens with two attached hydrogens (primary N) is 1. The SMILES string of the molecule is CCOP(=O)(OCC)[C@@H](N)c1cc(Br)ccc1F. The minimum atomic E-state index is -3.56. The molecule has 0 aliphatic carbocycles. The maximum atomic E-state index is 13.7. The van der Waals surface area contributed by atoms with E-state index in [2.05, 4.69) is 15.9 Å². The second-order valence-electron chi connectivity index (χ2n) is 3.49. The van der Waals surface area contributed by atoms with Crippen molar-refractivity contribution in [3.05, 3.63) is 34.1 Å². The molecule has 0 unspecified atom stereocenters. The quantitative estimate of drug-likeness (QED) is 0.800. The molecule has 0 aliphatic rings. The molecule has 1 atom stereocenters. The molecule has 0 aromatic heterocycles. The highest BCUT2D eigenvalue weighted by molar-refractivity contribution is 9.10. The van der Waals surface area contributed by atoms with Gasteiger partial charge in [0.15, 0.2) is 0 Å². The Bertz CT molecular complexity index is 448. The van der Waals surface area contributed by atoms with Crippen LogP contribution in [0, 0.1) is 5.82 Å². The maximum absolute atomic E-state index is 13.7. The zero-order chi connectivity index (χ0) is 13.8. The molecule has 18 heavy (non-hydrogen) atoms. The Hall–Kier alpha value is -0.260. The lowest BCUT2D eigenvalue weighted by atomic mass is 10.2. The van der Waals surface area contributed by atoms with Crippen LogP contribution in [-0.4, -0.2) is 13.2 Å². The van der Waals surface area contributed by atoms with Gasteiger partial charge in [-0.2, -0.15) is 0 Å². The first kappa shape index (κ1) is 15.8. The summed E-state index contributed by atoms with van der Waals surface area (Å²) < 4.78 is 37.0. The molecular weight excluding hydrogens is 324 g/mol. The largest absolute Gasteiger partial charge is 0.351 e. The molecule has 0 fully saturated rings. The van der Waals surface area contributed by atoms with E-state index in [0.29, 0.717) is 4.47 Å². The molecule has 0 heterocycles. The van der Waals surface area contributed by atoms with Crippen LogP contribution in [-0.2, 0) is 13.6 Å². The van der Waals surface area contributed by atoms with E-state index in [1.165, 1.54) is 18.2 Å². The number of rotatable bonds is 6. The Balaban J connectivity index is 3.13. The molecule has 0 saturated carbocycles. The number of hydrogen-bond acceptors (Lipinski definition) is 4. The standard InChI is InChI=1S/C11H16BrFNO3P/c1-3-16-18(15,17-4-2)11(14)9-7-8(12)5-6-10(9)13/h5-7,11H,3-4,14H2,1-2H3/t11-/m1/s1. The molecule has 0 amide bonds. The highest BCUT2D eigenvalue weighted by Crippen LogP contribution is 2.58. The lowest BCUT2D eigenvalue weighted by molar-refractivity contribution is 0.212. The van der Waals surface area contributed by atoms with Gasteiger partial charge in [0.2, 0.25) is 0 Å². The number of halogens is 2. The number of benzene rings is 1. The second kappa shape index (κ2) is 6.78. The van der Waals surface area contributed by atoms with Crippen molar-refractivity contribution in [2.45, 2.75) is 19.6 Å². The van der Waals surface area contributed by atoms with Crippen molar-refractivity contribution in [3.8, 4) is 0 Å². The molecule has 0 radical (unpaired) electrons. The van der Waals surface area contributed by atoms with Gasteiger partial charge in [0, 0.05) is 10.0 Å². The molecule has 2 N–H and O–H groups in total. The van der Waals surface area contributed by atoms with E-state index in [0.717, 1.165) is 0 Å². The maximum Gasteiger partial charge on any atom is 0.351 e. The third kappa shape index (κ3) is 3.62. The van der Waals surface area contributed by atoms with Crippen LogP contribution in [0.3, 0.4) is 0 Å². The predicted octanol–water partition coefficient (Wildman–Crippen LogP) is 3.81. The van der Waals surface area contributed by atoms with E-state index in [9.17, 15) is 8.96 Å². The van der Waals surface area contributed by atoms with Gasteiger partial charge in [-0.05, 0) is 32.0 Å². The summed E-state index contributed by atoms with van der Waals surface area (Å²) in [5, 5.41) is 0. The molecular formula is C11H16BrFNO3P. The van der Waals surface area contributed by atoms with Crippen molar-refractivity contribution in [1.29, 1.82) is 0 Å². The summed E-state index contributed by atoms with van der Waals surface area (Å²) in [7, 11) is -3.56. The first-order valence-corrected chi connectivity index (χ1v) is 7.94. The first-order chi connectivity index (χ1) is 8.44. The summed E-state index contributed by atoms with van der Waals surface area (Å²) in [6.45, 7) is 3.71. The van der Waals surface area contributed by atoms with Crippen LogP contribution < -0.4 is 5.73 Å². The minimum absolute atomic E-state index is 0.106. The van der Waals surface area contributed by atoms with Gasteiger partial charge in [0.05, 0.1) is 13.2 Å². The van der Waals surface area contributed by atoms with Crippen LogP contribution in [0.15, 0.2) is 22.7 Å². The average Bonchev–Trinajstić information content (AvgIpc) is 2.32. The molecule has 7 heteroatoms. The van der Waals surface area contributed by atoms with Crippen molar-refractivity contribution < 1.29 is 18.0 Å². The molecule has 0 saturated heterocycles. The van der Waals surface area contributed by atoms with Crippen molar-refractivity contribution in [2.75, 3.05) is 13.2 Å². The molecule has 0 aliphatic heterocycles.